The maximum absolute atomic E-state index is 13.2. The highest BCUT2D eigenvalue weighted by Crippen LogP contribution is 2.31. The van der Waals surface area contributed by atoms with E-state index in [0.29, 0.717) is 23.8 Å². The zero-order chi connectivity index (χ0) is 19.6. The predicted molar refractivity (Wildman–Crippen MR) is 98.1 cm³/mol. The normalized spacial score (nSPS) is 10.4. The van der Waals surface area contributed by atoms with Gasteiger partial charge in [0.15, 0.2) is 0 Å². The molecule has 0 bridgehead atoms. The van der Waals surface area contributed by atoms with Crippen LogP contribution in [0.1, 0.15) is 6.42 Å². The van der Waals surface area contributed by atoms with E-state index in [2.05, 4.69) is 5.32 Å². The smallest absolute Gasteiger partial charge is 0.407 e. The monoisotopic (exact) mass is 419 g/mol. The molecule has 0 aromatic heterocycles. The summed E-state index contributed by atoms with van der Waals surface area (Å²) in [7, 11) is 0. The van der Waals surface area contributed by atoms with Gasteiger partial charge in [0, 0.05) is 30.1 Å². The molecule has 0 heterocycles. The minimum atomic E-state index is -0.746. The molecule has 1 amide bonds. The molecule has 0 aliphatic heterocycles. The van der Waals surface area contributed by atoms with Crippen molar-refractivity contribution in [3.8, 4) is 17.2 Å². The summed E-state index contributed by atoms with van der Waals surface area (Å²) in [5, 5.41) is 2.76. The number of amides is 1. The Bertz CT molecular complexity index is 757. The Morgan fingerprint density at radius 1 is 1.04 bits per heavy atom. The molecule has 2 rings (SSSR count). The van der Waals surface area contributed by atoms with Gasteiger partial charge in [-0.2, -0.15) is 0 Å². The molecule has 5 nitrogen and oxygen atoms in total. The summed E-state index contributed by atoms with van der Waals surface area (Å²) >= 11 is 11.6. The van der Waals surface area contributed by atoms with Crippen molar-refractivity contribution < 1.29 is 27.8 Å². The third-order valence-corrected chi connectivity index (χ3v) is 3.68. The van der Waals surface area contributed by atoms with Crippen LogP contribution in [0, 0.1) is 11.6 Å². The second-order valence-corrected chi connectivity index (χ2v) is 6.04. The first-order valence-electron chi connectivity index (χ1n) is 8.01. The van der Waals surface area contributed by atoms with Crippen molar-refractivity contribution in [1.29, 1.82) is 0 Å². The summed E-state index contributed by atoms with van der Waals surface area (Å²) in [5.74, 6) is -0.406. The fourth-order valence-electron chi connectivity index (χ4n) is 1.97. The molecule has 0 aliphatic carbocycles. The SMILES string of the molecule is O=C(NCCOc1ccc(Oc2cc(F)cc(F)c2)cc1Cl)OCCCCl. The van der Waals surface area contributed by atoms with Crippen LogP contribution < -0.4 is 14.8 Å². The van der Waals surface area contributed by atoms with E-state index in [0.717, 1.165) is 18.2 Å². The highest BCUT2D eigenvalue weighted by Gasteiger charge is 2.08. The first kappa shape index (κ1) is 21.1. The van der Waals surface area contributed by atoms with Gasteiger partial charge in [-0.3, -0.25) is 0 Å². The molecule has 1 N–H and O–H groups in total. The molecule has 0 saturated carbocycles. The Kier molecular flexibility index (Phi) is 8.42. The summed E-state index contributed by atoms with van der Waals surface area (Å²) < 4.78 is 42.1. The number of hydrogen-bond acceptors (Lipinski definition) is 4. The summed E-state index contributed by atoms with van der Waals surface area (Å²) in [6.07, 6.45) is 0.0264. The maximum atomic E-state index is 13.2. The van der Waals surface area contributed by atoms with Gasteiger partial charge in [0.05, 0.1) is 18.2 Å². The molecule has 0 fully saturated rings. The van der Waals surface area contributed by atoms with Crippen LogP contribution in [0.3, 0.4) is 0 Å². The van der Waals surface area contributed by atoms with Crippen molar-refractivity contribution in [3.05, 3.63) is 53.1 Å². The number of alkyl halides is 1. The molecule has 0 radical (unpaired) electrons. The van der Waals surface area contributed by atoms with Crippen molar-refractivity contribution in [2.45, 2.75) is 6.42 Å². The van der Waals surface area contributed by atoms with Gasteiger partial charge in [-0.25, -0.2) is 13.6 Å². The van der Waals surface area contributed by atoms with Gasteiger partial charge in [-0.05, 0) is 18.6 Å². The van der Waals surface area contributed by atoms with E-state index in [1.165, 1.54) is 12.1 Å². The van der Waals surface area contributed by atoms with Gasteiger partial charge >= 0.3 is 6.09 Å². The molecule has 27 heavy (non-hydrogen) atoms. The zero-order valence-electron chi connectivity index (χ0n) is 14.1. The molecule has 2 aromatic rings. The number of hydrogen-bond donors (Lipinski definition) is 1. The van der Waals surface area contributed by atoms with E-state index in [-0.39, 0.29) is 30.5 Å². The Hall–Kier alpha value is -2.25. The summed E-state index contributed by atoms with van der Waals surface area (Å²) in [6.45, 7) is 0.634. The van der Waals surface area contributed by atoms with Gasteiger partial charge in [-0.1, -0.05) is 11.6 Å². The van der Waals surface area contributed by atoms with Gasteiger partial charge < -0.3 is 19.5 Å². The van der Waals surface area contributed by atoms with Gasteiger partial charge in [-0.15, -0.1) is 11.6 Å². The van der Waals surface area contributed by atoms with Crippen LogP contribution in [-0.4, -0.2) is 31.7 Å². The average molecular weight is 420 g/mol. The topological polar surface area (TPSA) is 56.8 Å². The highest BCUT2D eigenvalue weighted by atomic mass is 35.5. The van der Waals surface area contributed by atoms with Crippen molar-refractivity contribution in [3.63, 3.8) is 0 Å². The summed E-state index contributed by atoms with van der Waals surface area (Å²) in [5.41, 5.74) is 0. The Morgan fingerprint density at radius 2 is 1.78 bits per heavy atom. The number of alkyl carbamates (subject to hydrolysis) is 1. The summed E-state index contributed by atoms with van der Waals surface area (Å²) in [4.78, 5) is 11.3. The second kappa shape index (κ2) is 10.8. The quantitative estimate of drug-likeness (QED) is 0.451. The van der Waals surface area contributed by atoms with E-state index >= 15 is 0 Å². The average Bonchev–Trinajstić information content (AvgIpc) is 2.59. The highest BCUT2D eigenvalue weighted by molar-refractivity contribution is 6.32. The van der Waals surface area contributed by atoms with Crippen molar-refractivity contribution in [2.24, 2.45) is 0 Å². The Labute approximate surface area is 165 Å². The lowest BCUT2D eigenvalue weighted by Crippen LogP contribution is -2.29. The third-order valence-electron chi connectivity index (χ3n) is 3.12. The van der Waals surface area contributed by atoms with Crippen molar-refractivity contribution in [1.82, 2.24) is 5.32 Å². The molecular formula is C18H17Cl2F2NO4. The molecule has 146 valence electrons. The number of halogens is 4. The molecule has 9 heteroatoms. The number of rotatable bonds is 9. The fraction of sp³-hybridized carbons (Fsp3) is 0.278. The minimum absolute atomic E-state index is 0.00844. The van der Waals surface area contributed by atoms with E-state index in [1.807, 2.05) is 0 Å². The molecule has 0 unspecified atom stereocenters. The Balaban J connectivity index is 1.81. The first-order valence-corrected chi connectivity index (χ1v) is 8.92. The van der Waals surface area contributed by atoms with Crippen LogP contribution in [0.25, 0.3) is 0 Å². The number of carbonyl (C=O) groups excluding carboxylic acids is 1. The van der Waals surface area contributed by atoms with Crippen LogP contribution >= 0.6 is 23.2 Å². The lowest BCUT2D eigenvalue weighted by molar-refractivity contribution is 0.144. The van der Waals surface area contributed by atoms with Gasteiger partial charge in [0.2, 0.25) is 0 Å². The standard InChI is InChI=1S/C18H17Cl2F2NO4/c19-4-1-6-26-18(24)23-5-7-25-17-3-2-14(11-16(17)20)27-15-9-12(21)8-13(22)10-15/h2-3,8-11H,1,4-7H2,(H,23,24). The van der Waals surface area contributed by atoms with E-state index in [1.54, 1.807) is 6.07 Å². The largest absolute Gasteiger partial charge is 0.490 e. The number of benzene rings is 2. The molecule has 0 aliphatic rings. The van der Waals surface area contributed by atoms with Crippen LogP contribution in [0.5, 0.6) is 17.2 Å². The Morgan fingerprint density at radius 3 is 2.44 bits per heavy atom. The van der Waals surface area contributed by atoms with Crippen LogP contribution in [-0.2, 0) is 4.74 Å². The summed E-state index contributed by atoms with van der Waals surface area (Å²) in [6, 6.07) is 7.40. The van der Waals surface area contributed by atoms with E-state index < -0.39 is 17.7 Å². The zero-order valence-corrected chi connectivity index (χ0v) is 15.7. The van der Waals surface area contributed by atoms with Gasteiger partial charge in [0.25, 0.3) is 0 Å². The molecule has 0 spiro atoms. The molecule has 0 atom stereocenters. The maximum Gasteiger partial charge on any atom is 0.407 e. The first-order chi connectivity index (χ1) is 13.0. The van der Waals surface area contributed by atoms with E-state index in [4.69, 9.17) is 37.4 Å². The van der Waals surface area contributed by atoms with Crippen molar-refractivity contribution >= 4 is 29.3 Å². The van der Waals surface area contributed by atoms with E-state index in [9.17, 15) is 13.6 Å². The molecule has 2 aromatic carbocycles. The van der Waals surface area contributed by atoms with Gasteiger partial charge in [0.1, 0.15) is 35.5 Å². The molecule has 0 saturated heterocycles. The number of nitrogens with one attached hydrogen (secondary N) is 1. The van der Waals surface area contributed by atoms with Crippen LogP contribution in [0.2, 0.25) is 5.02 Å². The fourth-order valence-corrected chi connectivity index (χ4v) is 2.30. The number of ether oxygens (including phenoxy) is 3. The predicted octanol–water partition coefficient (Wildman–Crippen LogP) is 5.14. The van der Waals surface area contributed by atoms with Crippen LogP contribution in [0.4, 0.5) is 13.6 Å². The minimum Gasteiger partial charge on any atom is -0.490 e. The second-order valence-electron chi connectivity index (χ2n) is 5.25. The molecular weight excluding hydrogens is 403 g/mol. The number of carbonyl (C=O) groups is 1. The third kappa shape index (κ3) is 7.48. The lowest BCUT2D eigenvalue weighted by Gasteiger charge is -2.11. The lowest BCUT2D eigenvalue weighted by atomic mass is 10.3. The van der Waals surface area contributed by atoms with Crippen molar-refractivity contribution in [2.75, 3.05) is 25.6 Å². The van der Waals surface area contributed by atoms with Crippen LogP contribution in [0.15, 0.2) is 36.4 Å².